The van der Waals surface area contributed by atoms with Crippen molar-refractivity contribution in [1.82, 2.24) is 0 Å². The predicted octanol–water partition coefficient (Wildman–Crippen LogP) is 3.71. The Labute approximate surface area is 115 Å². The van der Waals surface area contributed by atoms with E-state index in [0.717, 1.165) is 30.3 Å². The molecule has 3 heteroatoms. The van der Waals surface area contributed by atoms with Gasteiger partial charge in [-0.15, -0.1) is 0 Å². The lowest BCUT2D eigenvalue weighted by atomic mass is 9.91. The molecule has 1 saturated heterocycles. The van der Waals surface area contributed by atoms with Gasteiger partial charge in [-0.05, 0) is 37.3 Å². The molecule has 19 heavy (non-hydrogen) atoms. The molecule has 1 aromatic rings. The predicted molar refractivity (Wildman–Crippen MR) is 78.0 cm³/mol. The monoisotopic (exact) mass is 261 g/mol. The van der Waals surface area contributed by atoms with Gasteiger partial charge in [-0.2, -0.15) is 0 Å². The molecule has 0 aliphatic carbocycles. The van der Waals surface area contributed by atoms with Crippen LogP contribution in [-0.4, -0.2) is 24.2 Å². The first-order valence-corrected chi connectivity index (χ1v) is 7.21. The van der Waals surface area contributed by atoms with Crippen molar-refractivity contribution < 1.29 is 9.90 Å². The average Bonchev–Trinajstić information content (AvgIpc) is 2.40. The van der Waals surface area contributed by atoms with E-state index in [9.17, 15) is 9.90 Å². The fourth-order valence-corrected chi connectivity index (χ4v) is 3.10. The number of carbonyl (C=O) groups is 1. The number of aromatic carboxylic acids is 1. The third-order valence-corrected chi connectivity index (χ3v) is 4.10. The number of para-hydroxylation sites is 1. The third kappa shape index (κ3) is 3.09. The Morgan fingerprint density at radius 3 is 2.63 bits per heavy atom. The highest BCUT2D eigenvalue weighted by atomic mass is 16.4. The SMILES string of the molecule is CCCC1CCN(c2c(C)cccc2C(=O)O)CC1. The molecule has 0 atom stereocenters. The standard InChI is InChI=1S/C16H23NO2/c1-3-5-13-8-10-17(11-9-13)15-12(2)6-4-7-14(15)16(18)19/h4,6-7,13H,3,5,8-11H2,1-2H3,(H,18,19). The largest absolute Gasteiger partial charge is 0.478 e. The number of rotatable bonds is 4. The maximum atomic E-state index is 11.4. The zero-order valence-electron chi connectivity index (χ0n) is 11.9. The number of nitrogens with zero attached hydrogens (tertiary/aromatic N) is 1. The van der Waals surface area contributed by atoms with E-state index in [0.29, 0.717) is 5.56 Å². The summed E-state index contributed by atoms with van der Waals surface area (Å²) in [5, 5.41) is 9.33. The fraction of sp³-hybridized carbons (Fsp3) is 0.562. The molecule has 0 amide bonds. The summed E-state index contributed by atoms with van der Waals surface area (Å²) in [4.78, 5) is 13.6. The molecule has 0 aromatic heterocycles. The van der Waals surface area contributed by atoms with Crippen LogP contribution in [0.2, 0.25) is 0 Å². The van der Waals surface area contributed by atoms with Crippen LogP contribution in [0.1, 0.15) is 48.5 Å². The minimum Gasteiger partial charge on any atom is -0.478 e. The van der Waals surface area contributed by atoms with E-state index >= 15 is 0 Å². The Kier molecular flexibility index (Phi) is 4.46. The molecule has 1 aliphatic rings. The van der Waals surface area contributed by atoms with Crippen molar-refractivity contribution >= 4 is 11.7 Å². The van der Waals surface area contributed by atoms with Crippen molar-refractivity contribution in [2.45, 2.75) is 39.5 Å². The van der Waals surface area contributed by atoms with E-state index < -0.39 is 5.97 Å². The van der Waals surface area contributed by atoms with Crippen LogP contribution in [-0.2, 0) is 0 Å². The summed E-state index contributed by atoms with van der Waals surface area (Å²) in [6, 6.07) is 5.54. The van der Waals surface area contributed by atoms with Gasteiger partial charge < -0.3 is 10.0 Å². The number of anilines is 1. The summed E-state index contributed by atoms with van der Waals surface area (Å²) in [6.45, 7) is 6.20. The Morgan fingerprint density at radius 1 is 1.37 bits per heavy atom. The molecule has 0 radical (unpaired) electrons. The van der Waals surface area contributed by atoms with Crippen LogP contribution in [0.3, 0.4) is 0 Å². The van der Waals surface area contributed by atoms with Crippen LogP contribution in [0.25, 0.3) is 0 Å². The van der Waals surface area contributed by atoms with Crippen molar-refractivity contribution in [2.75, 3.05) is 18.0 Å². The number of piperidine rings is 1. The van der Waals surface area contributed by atoms with E-state index in [-0.39, 0.29) is 0 Å². The van der Waals surface area contributed by atoms with Gasteiger partial charge in [0.05, 0.1) is 11.3 Å². The highest BCUT2D eigenvalue weighted by Crippen LogP contribution is 2.30. The quantitative estimate of drug-likeness (QED) is 0.898. The van der Waals surface area contributed by atoms with Crippen LogP contribution in [0, 0.1) is 12.8 Å². The van der Waals surface area contributed by atoms with Gasteiger partial charge in [0.25, 0.3) is 0 Å². The lowest BCUT2D eigenvalue weighted by Gasteiger charge is -2.35. The van der Waals surface area contributed by atoms with E-state index in [4.69, 9.17) is 0 Å². The Hall–Kier alpha value is -1.51. The van der Waals surface area contributed by atoms with Crippen LogP contribution >= 0.6 is 0 Å². The molecule has 0 bridgehead atoms. The molecule has 0 spiro atoms. The maximum absolute atomic E-state index is 11.4. The first kappa shape index (κ1) is 13.9. The van der Waals surface area contributed by atoms with Gasteiger partial charge >= 0.3 is 5.97 Å². The second-order valence-electron chi connectivity index (χ2n) is 5.50. The second kappa shape index (κ2) is 6.09. The van der Waals surface area contributed by atoms with E-state index in [1.807, 2.05) is 19.1 Å². The molecule has 1 aromatic carbocycles. The van der Waals surface area contributed by atoms with Gasteiger partial charge in [0.15, 0.2) is 0 Å². The van der Waals surface area contributed by atoms with Crippen LogP contribution in [0.5, 0.6) is 0 Å². The minimum atomic E-state index is -0.825. The number of carboxylic acids is 1. The molecule has 0 saturated carbocycles. The van der Waals surface area contributed by atoms with Crippen molar-refractivity contribution in [3.05, 3.63) is 29.3 Å². The number of aryl methyl sites for hydroxylation is 1. The van der Waals surface area contributed by atoms with Crippen molar-refractivity contribution in [1.29, 1.82) is 0 Å². The number of hydrogen-bond donors (Lipinski definition) is 1. The van der Waals surface area contributed by atoms with Gasteiger partial charge in [0.1, 0.15) is 0 Å². The lowest BCUT2D eigenvalue weighted by molar-refractivity contribution is 0.0697. The van der Waals surface area contributed by atoms with Crippen LogP contribution < -0.4 is 4.90 Å². The topological polar surface area (TPSA) is 40.5 Å². The van der Waals surface area contributed by atoms with E-state index in [1.54, 1.807) is 6.07 Å². The number of benzene rings is 1. The Bertz CT molecular complexity index is 448. The number of carboxylic acid groups (broad SMARTS) is 1. The summed E-state index contributed by atoms with van der Waals surface area (Å²) in [5.74, 6) is -0.00655. The van der Waals surface area contributed by atoms with Crippen molar-refractivity contribution in [3.8, 4) is 0 Å². The van der Waals surface area contributed by atoms with Gasteiger partial charge in [-0.25, -0.2) is 4.79 Å². The molecule has 3 nitrogen and oxygen atoms in total. The zero-order chi connectivity index (χ0) is 13.8. The minimum absolute atomic E-state index is 0.439. The van der Waals surface area contributed by atoms with Gasteiger partial charge in [-0.3, -0.25) is 0 Å². The third-order valence-electron chi connectivity index (χ3n) is 4.10. The second-order valence-corrected chi connectivity index (χ2v) is 5.50. The lowest BCUT2D eigenvalue weighted by Crippen LogP contribution is -2.35. The highest BCUT2D eigenvalue weighted by Gasteiger charge is 2.23. The molecule has 104 valence electrons. The fourth-order valence-electron chi connectivity index (χ4n) is 3.10. The molecule has 2 rings (SSSR count). The van der Waals surface area contributed by atoms with Gasteiger partial charge in [0, 0.05) is 13.1 Å². The molecule has 1 aliphatic heterocycles. The molecule has 1 heterocycles. The van der Waals surface area contributed by atoms with Crippen molar-refractivity contribution in [3.63, 3.8) is 0 Å². The summed E-state index contributed by atoms with van der Waals surface area (Å²) in [6.07, 6.45) is 4.91. The summed E-state index contributed by atoms with van der Waals surface area (Å²) >= 11 is 0. The smallest absolute Gasteiger partial charge is 0.337 e. The maximum Gasteiger partial charge on any atom is 0.337 e. The molecular weight excluding hydrogens is 238 g/mol. The molecular formula is C16H23NO2. The first-order valence-electron chi connectivity index (χ1n) is 7.21. The summed E-state index contributed by atoms with van der Waals surface area (Å²) in [5.41, 5.74) is 2.42. The molecule has 0 unspecified atom stereocenters. The molecule has 1 fully saturated rings. The summed E-state index contributed by atoms with van der Waals surface area (Å²) < 4.78 is 0. The molecule has 1 N–H and O–H groups in total. The first-order chi connectivity index (χ1) is 9.13. The van der Waals surface area contributed by atoms with E-state index in [2.05, 4.69) is 11.8 Å². The van der Waals surface area contributed by atoms with Crippen LogP contribution in [0.15, 0.2) is 18.2 Å². The zero-order valence-corrected chi connectivity index (χ0v) is 11.9. The Morgan fingerprint density at radius 2 is 2.05 bits per heavy atom. The van der Waals surface area contributed by atoms with Gasteiger partial charge in [0.2, 0.25) is 0 Å². The van der Waals surface area contributed by atoms with Crippen molar-refractivity contribution in [2.24, 2.45) is 5.92 Å². The van der Waals surface area contributed by atoms with Crippen LogP contribution in [0.4, 0.5) is 5.69 Å². The normalized spacial score (nSPS) is 16.6. The summed E-state index contributed by atoms with van der Waals surface area (Å²) in [7, 11) is 0. The van der Waals surface area contributed by atoms with E-state index in [1.165, 1.54) is 25.7 Å². The average molecular weight is 261 g/mol. The Balaban J connectivity index is 2.17. The number of hydrogen-bond acceptors (Lipinski definition) is 2. The van der Waals surface area contributed by atoms with Gasteiger partial charge in [-0.1, -0.05) is 31.9 Å². The highest BCUT2D eigenvalue weighted by molar-refractivity contribution is 5.95.